The number of hydrogen-bond donors (Lipinski definition) is 2. The second-order valence-corrected chi connectivity index (χ2v) is 5.52. The van der Waals surface area contributed by atoms with E-state index in [9.17, 15) is 9.59 Å². The van der Waals surface area contributed by atoms with E-state index in [1.807, 2.05) is 0 Å². The molecule has 0 radical (unpaired) electrons. The molecule has 2 aromatic heterocycles. The minimum atomic E-state index is -0.302. The fourth-order valence-corrected chi connectivity index (χ4v) is 2.59. The fourth-order valence-electron chi connectivity index (χ4n) is 2.39. The van der Waals surface area contributed by atoms with Gasteiger partial charge < -0.3 is 14.3 Å². The van der Waals surface area contributed by atoms with Crippen molar-refractivity contribution in [2.75, 3.05) is 6.54 Å². The van der Waals surface area contributed by atoms with Crippen LogP contribution < -0.4 is 5.56 Å². The van der Waals surface area contributed by atoms with Gasteiger partial charge in [-0.15, -0.1) is 6.42 Å². The van der Waals surface area contributed by atoms with Crippen LogP contribution in [-0.2, 0) is 6.54 Å². The van der Waals surface area contributed by atoms with Gasteiger partial charge >= 0.3 is 0 Å². The minimum Gasteiger partial charge on any atom is -0.467 e. The van der Waals surface area contributed by atoms with E-state index in [0.717, 1.165) is 0 Å². The molecule has 1 amide bonds. The molecule has 0 atom stereocenters. The summed E-state index contributed by atoms with van der Waals surface area (Å²) in [6, 6.07) is 8.27. The number of hydrogen-bond acceptors (Lipinski definition) is 4. The van der Waals surface area contributed by atoms with Gasteiger partial charge in [0.05, 0.1) is 30.3 Å². The maximum atomic E-state index is 12.7. The van der Waals surface area contributed by atoms with Gasteiger partial charge in [-0.25, -0.2) is 0 Å². The second kappa shape index (κ2) is 6.56. The molecule has 0 spiro atoms. The SMILES string of the molecule is C#CCN(Cc1ccco1)C(=O)c1ccc2c(=O)[nH]c(=S)[nH]c2c1. The quantitative estimate of drug-likeness (QED) is 0.565. The van der Waals surface area contributed by atoms with Gasteiger partial charge in [0.15, 0.2) is 4.77 Å². The molecule has 0 saturated heterocycles. The van der Waals surface area contributed by atoms with Crippen LogP contribution in [0.1, 0.15) is 16.1 Å². The molecular weight excluding hydrogens is 326 g/mol. The smallest absolute Gasteiger partial charge is 0.259 e. The zero-order chi connectivity index (χ0) is 17.1. The molecule has 2 N–H and O–H groups in total. The molecule has 0 fully saturated rings. The van der Waals surface area contributed by atoms with Crippen molar-refractivity contribution in [1.82, 2.24) is 14.9 Å². The van der Waals surface area contributed by atoms with Crippen molar-refractivity contribution in [2.45, 2.75) is 6.54 Å². The van der Waals surface area contributed by atoms with Gasteiger partial charge in [0, 0.05) is 5.56 Å². The standard InChI is InChI=1S/C17H13N3O3S/c1-2-7-20(10-12-4-3-8-23-12)16(22)11-5-6-13-14(9-11)18-17(24)19-15(13)21/h1,3-6,8-9H,7,10H2,(H2,18,19,21,24). The van der Waals surface area contributed by atoms with Crippen LogP contribution in [-0.4, -0.2) is 27.3 Å². The van der Waals surface area contributed by atoms with Crippen molar-refractivity contribution in [2.24, 2.45) is 0 Å². The first-order valence-corrected chi connectivity index (χ1v) is 7.51. The van der Waals surface area contributed by atoms with Gasteiger partial charge in [-0.1, -0.05) is 5.92 Å². The van der Waals surface area contributed by atoms with E-state index in [2.05, 4.69) is 15.9 Å². The average Bonchev–Trinajstić information content (AvgIpc) is 3.06. The number of benzene rings is 1. The number of furan rings is 1. The number of H-pyrrole nitrogens is 2. The fraction of sp³-hybridized carbons (Fsp3) is 0.118. The highest BCUT2D eigenvalue weighted by atomic mass is 32.1. The molecule has 7 heteroatoms. The normalized spacial score (nSPS) is 10.5. The van der Waals surface area contributed by atoms with Crippen molar-refractivity contribution < 1.29 is 9.21 Å². The minimum absolute atomic E-state index is 0.142. The number of aromatic nitrogens is 2. The lowest BCUT2D eigenvalue weighted by atomic mass is 10.1. The summed E-state index contributed by atoms with van der Waals surface area (Å²) < 4.78 is 5.47. The lowest BCUT2D eigenvalue weighted by Gasteiger charge is -2.19. The van der Waals surface area contributed by atoms with Crippen LogP contribution in [0.4, 0.5) is 0 Å². The van der Waals surface area contributed by atoms with E-state index < -0.39 is 0 Å². The molecule has 2 heterocycles. The third kappa shape index (κ3) is 3.14. The van der Waals surface area contributed by atoms with Crippen LogP contribution >= 0.6 is 12.2 Å². The molecular formula is C17H13N3O3S. The summed E-state index contributed by atoms with van der Waals surface area (Å²) in [5, 5.41) is 0.426. The summed E-state index contributed by atoms with van der Waals surface area (Å²) in [5.41, 5.74) is 0.595. The van der Waals surface area contributed by atoms with Gasteiger partial charge in [-0.2, -0.15) is 0 Å². The first-order valence-electron chi connectivity index (χ1n) is 7.10. The van der Waals surface area contributed by atoms with Crippen LogP contribution in [0, 0.1) is 17.1 Å². The predicted octanol–water partition coefficient (Wildman–Crippen LogP) is 2.45. The Morgan fingerprint density at radius 2 is 2.17 bits per heavy atom. The van der Waals surface area contributed by atoms with Crippen molar-refractivity contribution in [3.63, 3.8) is 0 Å². The number of rotatable bonds is 4. The van der Waals surface area contributed by atoms with E-state index >= 15 is 0 Å². The van der Waals surface area contributed by atoms with Crippen LogP contribution in [0.5, 0.6) is 0 Å². The van der Waals surface area contributed by atoms with E-state index in [4.69, 9.17) is 23.1 Å². The van der Waals surface area contributed by atoms with Gasteiger partial charge in [0.2, 0.25) is 0 Å². The van der Waals surface area contributed by atoms with E-state index in [0.29, 0.717) is 22.2 Å². The Balaban J connectivity index is 1.98. The molecule has 0 aliphatic heterocycles. The number of terminal acetylenes is 1. The van der Waals surface area contributed by atoms with Crippen LogP contribution in [0.2, 0.25) is 0 Å². The summed E-state index contributed by atoms with van der Waals surface area (Å²) in [6.45, 7) is 0.405. The number of nitrogens with zero attached hydrogens (tertiary/aromatic N) is 1. The zero-order valence-electron chi connectivity index (χ0n) is 12.5. The Kier molecular flexibility index (Phi) is 4.31. The summed E-state index contributed by atoms with van der Waals surface area (Å²) >= 11 is 4.96. The van der Waals surface area contributed by atoms with E-state index in [1.54, 1.807) is 30.3 Å². The molecule has 3 rings (SSSR count). The maximum Gasteiger partial charge on any atom is 0.259 e. The first kappa shape index (κ1) is 15.8. The van der Waals surface area contributed by atoms with Crippen LogP contribution in [0.3, 0.4) is 0 Å². The summed E-state index contributed by atoms with van der Waals surface area (Å²) in [4.78, 5) is 31.5. The maximum absolute atomic E-state index is 12.7. The zero-order valence-corrected chi connectivity index (χ0v) is 13.4. The predicted molar refractivity (Wildman–Crippen MR) is 92.0 cm³/mol. The molecule has 3 aromatic rings. The van der Waals surface area contributed by atoms with E-state index in [-0.39, 0.29) is 29.3 Å². The number of nitrogens with one attached hydrogen (secondary N) is 2. The molecule has 0 aliphatic rings. The second-order valence-electron chi connectivity index (χ2n) is 5.11. The molecule has 0 unspecified atom stereocenters. The van der Waals surface area contributed by atoms with Crippen LogP contribution in [0.15, 0.2) is 45.8 Å². The van der Waals surface area contributed by atoms with Crippen molar-refractivity contribution in [3.8, 4) is 12.3 Å². The number of fused-ring (bicyclic) bond motifs is 1. The van der Waals surface area contributed by atoms with E-state index in [1.165, 1.54) is 11.2 Å². The summed E-state index contributed by atoms with van der Waals surface area (Å²) in [7, 11) is 0. The first-order chi connectivity index (χ1) is 11.6. The van der Waals surface area contributed by atoms with Gasteiger partial charge in [0.1, 0.15) is 5.76 Å². The molecule has 6 nitrogen and oxygen atoms in total. The van der Waals surface area contributed by atoms with Gasteiger partial charge in [0.25, 0.3) is 11.5 Å². The van der Waals surface area contributed by atoms with Crippen molar-refractivity contribution in [3.05, 3.63) is 63.0 Å². The third-order valence-corrected chi connectivity index (χ3v) is 3.69. The number of amides is 1. The van der Waals surface area contributed by atoms with Crippen molar-refractivity contribution in [1.29, 1.82) is 0 Å². The molecule has 1 aromatic carbocycles. The highest BCUT2D eigenvalue weighted by Gasteiger charge is 2.17. The van der Waals surface area contributed by atoms with Crippen LogP contribution in [0.25, 0.3) is 10.9 Å². The Labute approximate surface area is 142 Å². The summed E-state index contributed by atoms with van der Waals surface area (Å²) in [5.74, 6) is 2.85. The highest BCUT2D eigenvalue weighted by molar-refractivity contribution is 7.71. The topological polar surface area (TPSA) is 82.1 Å². The largest absolute Gasteiger partial charge is 0.467 e. The molecule has 0 saturated carbocycles. The monoisotopic (exact) mass is 339 g/mol. The third-order valence-electron chi connectivity index (χ3n) is 3.48. The molecule has 120 valence electrons. The van der Waals surface area contributed by atoms with Gasteiger partial charge in [-0.05, 0) is 42.5 Å². The van der Waals surface area contributed by atoms with Gasteiger partial charge in [-0.3, -0.25) is 14.6 Å². The average molecular weight is 339 g/mol. The molecule has 24 heavy (non-hydrogen) atoms. The Morgan fingerprint density at radius 1 is 1.33 bits per heavy atom. The Bertz CT molecular complexity index is 1040. The lowest BCUT2D eigenvalue weighted by Crippen LogP contribution is -2.30. The number of aromatic amines is 2. The Hall–Kier alpha value is -3.11. The highest BCUT2D eigenvalue weighted by Crippen LogP contribution is 2.14. The molecule has 0 aliphatic carbocycles. The summed E-state index contributed by atoms with van der Waals surface area (Å²) in [6.07, 6.45) is 6.90. The number of carbonyl (C=O) groups excluding carboxylic acids is 1. The Morgan fingerprint density at radius 3 is 2.88 bits per heavy atom. The lowest BCUT2D eigenvalue weighted by molar-refractivity contribution is 0.0755. The molecule has 0 bridgehead atoms. The number of carbonyl (C=O) groups is 1. The van der Waals surface area contributed by atoms with Crippen molar-refractivity contribution >= 4 is 29.0 Å².